The molecule has 1 unspecified atom stereocenters. The van der Waals surface area contributed by atoms with Crippen LogP contribution in [0.4, 0.5) is 4.39 Å². The summed E-state index contributed by atoms with van der Waals surface area (Å²) in [6, 6.07) is 11.7. The SMILES string of the molecule is CN=C(NCc1ccc(OC)c(OC)c1)NCC(Cc1ccc(F)cc1)C(N)=O.I. The molecule has 1 amide bonds. The molecule has 2 aromatic rings. The molecule has 0 aromatic heterocycles. The van der Waals surface area contributed by atoms with E-state index in [4.69, 9.17) is 15.2 Å². The van der Waals surface area contributed by atoms with Gasteiger partial charge in [0.05, 0.1) is 20.1 Å². The average Bonchev–Trinajstić information content (AvgIpc) is 2.73. The van der Waals surface area contributed by atoms with Crippen molar-refractivity contribution in [1.29, 1.82) is 0 Å². The fourth-order valence-electron chi connectivity index (χ4n) is 2.80. The third kappa shape index (κ3) is 7.69. The van der Waals surface area contributed by atoms with Gasteiger partial charge in [-0.15, -0.1) is 24.0 Å². The first-order valence-corrected chi connectivity index (χ1v) is 9.16. The lowest BCUT2D eigenvalue weighted by Gasteiger charge is -2.17. The number of methoxy groups -OCH3 is 2. The van der Waals surface area contributed by atoms with Crippen LogP contribution in [0.15, 0.2) is 47.5 Å². The molecule has 0 heterocycles. The number of carbonyl (C=O) groups is 1. The van der Waals surface area contributed by atoms with E-state index in [1.807, 2.05) is 18.2 Å². The summed E-state index contributed by atoms with van der Waals surface area (Å²) in [5.41, 5.74) is 7.34. The van der Waals surface area contributed by atoms with E-state index in [0.717, 1.165) is 11.1 Å². The van der Waals surface area contributed by atoms with Crippen molar-refractivity contribution in [3.8, 4) is 11.5 Å². The highest BCUT2D eigenvalue weighted by Gasteiger charge is 2.17. The van der Waals surface area contributed by atoms with Crippen molar-refractivity contribution in [3.05, 3.63) is 59.4 Å². The van der Waals surface area contributed by atoms with Gasteiger partial charge in [-0.05, 0) is 41.8 Å². The molecule has 0 bridgehead atoms. The molecule has 0 fully saturated rings. The van der Waals surface area contributed by atoms with Crippen molar-refractivity contribution in [3.63, 3.8) is 0 Å². The van der Waals surface area contributed by atoms with Crippen molar-refractivity contribution in [2.24, 2.45) is 16.6 Å². The number of nitrogens with two attached hydrogens (primary N) is 1. The molecule has 0 saturated carbocycles. The lowest BCUT2D eigenvalue weighted by Crippen LogP contribution is -2.42. The van der Waals surface area contributed by atoms with Gasteiger partial charge in [-0.25, -0.2) is 4.39 Å². The summed E-state index contributed by atoms with van der Waals surface area (Å²) in [5.74, 6) is 0.622. The molecular formula is C21H28FIN4O3. The van der Waals surface area contributed by atoms with Gasteiger partial charge >= 0.3 is 0 Å². The highest BCUT2D eigenvalue weighted by Crippen LogP contribution is 2.27. The standard InChI is InChI=1S/C21H27FN4O3.HI/c1-24-21(25-12-15-6-9-18(28-2)19(11-15)29-3)26-13-16(20(23)27)10-14-4-7-17(22)8-5-14;/h4-9,11,16H,10,12-13H2,1-3H3,(H2,23,27)(H2,24,25,26);1H. The summed E-state index contributed by atoms with van der Waals surface area (Å²) in [6.07, 6.45) is 0.412. The Morgan fingerprint density at radius 3 is 2.27 bits per heavy atom. The Hall–Kier alpha value is -2.56. The Bertz CT molecular complexity index is 847. The van der Waals surface area contributed by atoms with Gasteiger partial charge in [0.25, 0.3) is 0 Å². The van der Waals surface area contributed by atoms with Crippen LogP contribution in [0.1, 0.15) is 11.1 Å². The van der Waals surface area contributed by atoms with Gasteiger partial charge in [0.15, 0.2) is 17.5 Å². The minimum atomic E-state index is -0.458. The Labute approximate surface area is 193 Å². The maximum atomic E-state index is 13.1. The summed E-state index contributed by atoms with van der Waals surface area (Å²) in [6.45, 7) is 0.803. The molecule has 2 aromatic carbocycles. The number of primary amides is 1. The topological polar surface area (TPSA) is 98.0 Å². The number of nitrogens with one attached hydrogen (secondary N) is 2. The fourth-order valence-corrected chi connectivity index (χ4v) is 2.80. The Morgan fingerprint density at radius 1 is 1.07 bits per heavy atom. The van der Waals surface area contributed by atoms with E-state index in [2.05, 4.69) is 15.6 Å². The van der Waals surface area contributed by atoms with Crippen LogP contribution in [0.5, 0.6) is 11.5 Å². The Morgan fingerprint density at radius 2 is 1.70 bits per heavy atom. The largest absolute Gasteiger partial charge is 0.493 e. The van der Waals surface area contributed by atoms with Crippen LogP contribution in [0.2, 0.25) is 0 Å². The zero-order valence-electron chi connectivity index (χ0n) is 17.3. The zero-order valence-corrected chi connectivity index (χ0v) is 19.6. The molecule has 0 aliphatic carbocycles. The number of ether oxygens (including phenoxy) is 2. The fraction of sp³-hybridized carbons (Fsp3) is 0.333. The molecule has 1 atom stereocenters. The van der Waals surface area contributed by atoms with Crippen molar-refractivity contribution in [2.45, 2.75) is 13.0 Å². The molecule has 0 spiro atoms. The predicted octanol–water partition coefficient (Wildman–Crippen LogP) is 2.47. The van der Waals surface area contributed by atoms with E-state index in [-0.39, 0.29) is 29.8 Å². The molecule has 0 saturated heterocycles. The maximum absolute atomic E-state index is 13.1. The Kier molecular flexibility index (Phi) is 10.9. The second-order valence-electron chi connectivity index (χ2n) is 6.43. The summed E-state index contributed by atoms with van der Waals surface area (Å²) in [7, 11) is 4.81. The number of rotatable bonds is 9. The number of nitrogens with zero attached hydrogens (tertiary/aromatic N) is 1. The number of hydrogen-bond donors (Lipinski definition) is 3. The first-order valence-electron chi connectivity index (χ1n) is 9.16. The molecule has 2 rings (SSSR count). The third-order valence-electron chi connectivity index (χ3n) is 4.45. The quantitative estimate of drug-likeness (QED) is 0.263. The normalized spacial score (nSPS) is 11.8. The number of amides is 1. The van der Waals surface area contributed by atoms with Gasteiger partial charge < -0.3 is 25.8 Å². The molecule has 4 N–H and O–H groups in total. The summed E-state index contributed by atoms with van der Waals surface area (Å²) in [4.78, 5) is 16.0. The minimum absolute atomic E-state index is 0. The van der Waals surface area contributed by atoms with E-state index in [1.54, 1.807) is 33.4 Å². The Balaban J connectivity index is 0.00000450. The van der Waals surface area contributed by atoms with Crippen LogP contribution in [-0.4, -0.2) is 39.7 Å². The molecule has 164 valence electrons. The number of halogens is 2. The van der Waals surface area contributed by atoms with Crippen LogP contribution >= 0.6 is 24.0 Å². The van der Waals surface area contributed by atoms with Gasteiger partial charge in [-0.2, -0.15) is 0 Å². The van der Waals surface area contributed by atoms with Crippen molar-refractivity contribution in [2.75, 3.05) is 27.8 Å². The van der Waals surface area contributed by atoms with Crippen LogP contribution in [0.25, 0.3) is 0 Å². The summed E-state index contributed by atoms with van der Waals surface area (Å²) >= 11 is 0. The van der Waals surface area contributed by atoms with Crippen molar-refractivity contribution >= 4 is 35.8 Å². The minimum Gasteiger partial charge on any atom is -0.493 e. The number of carbonyl (C=O) groups excluding carboxylic acids is 1. The lowest BCUT2D eigenvalue weighted by atomic mass is 9.98. The molecule has 7 nitrogen and oxygen atoms in total. The highest BCUT2D eigenvalue weighted by molar-refractivity contribution is 14.0. The average molecular weight is 530 g/mol. The molecule has 0 radical (unpaired) electrons. The van der Waals surface area contributed by atoms with E-state index in [9.17, 15) is 9.18 Å². The van der Waals surface area contributed by atoms with Crippen LogP contribution < -0.4 is 25.8 Å². The van der Waals surface area contributed by atoms with Gasteiger partial charge in [-0.3, -0.25) is 9.79 Å². The molecule has 0 aliphatic rings. The van der Waals surface area contributed by atoms with Gasteiger partial charge in [-0.1, -0.05) is 18.2 Å². The van der Waals surface area contributed by atoms with E-state index in [0.29, 0.717) is 37.0 Å². The van der Waals surface area contributed by atoms with Crippen LogP contribution in [0, 0.1) is 11.7 Å². The summed E-state index contributed by atoms with van der Waals surface area (Å²) < 4.78 is 23.6. The second kappa shape index (κ2) is 12.9. The van der Waals surface area contributed by atoms with E-state index in [1.165, 1.54) is 12.1 Å². The number of benzene rings is 2. The van der Waals surface area contributed by atoms with Crippen LogP contribution in [-0.2, 0) is 17.8 Å². The first kappa shape index (κ1) is 25.5. The van der Waals surface area contributed by atoms with E-state index >= 15 is 0 Å². The lowest BCUT2D eigenvalue weighted by molar-refractivity contribution is -0.121. The van der Waals surface area contributed by atoms with Crippen molar-refractivity contribution < 1.29 is 18.7 Å². The van der Waals surface area contributed by atoms with Crippen LogP contribution in [0.3, 0.4) is 0 Å². The monoisotopic (exact) mass is 530 g/mol. The number of aliphatic imine (C=N–C) groups is 1. The maximum Gasteiger partial charge on any atom is 0.222 e. The smallest absolute Gasteiger partial charge is 0.222 e. The number of hydrogen-bond acceptors (Lipinski definition) is 4. The first-order chi connectivity index (χ1) is 14.0. The molecule has 0 aliphatic heterocycles. The van der Waals surface area contributed by atoms with Gasteiger partial charge in [0.1, 0.15) is 5.82 Å². The second-order valence-corrected chi connectivity index (χ2v) is 6.43. The van der Waals surface area contributed by atoms with E-state index < -0.39 is 11.8 Å². The molecule has 30 heavy (non-hydrogen) atoms. The molecule has 9 heteroatoms. The summed E-state index contributed by atoms with van der Waals surface area (Å²) in [5, 5.41) is 6.29. The van der Waals surface area contributed by atoms with Gasteiger partial charge in [0, 0.05) is 20.1 Å². The highest BCUT2D eigenvalue weighted by atomic mass is 127. The molecular weight excluding hydrogens is 502 g/mol. The zero-order chi connectivity index (χ0) is 21.2. The third-order valence-corrected chi connectivity index (χ3v) is 4.45. The van der Waals surface area contributed by atoms with Gasteiger partial charge in [0.2, 0.25) is 5.91 Å². The predicted molar refractivity (Wildman–Crippen MR) is 126 cm³/mol. The van der Waals surface area contributed by atoms with Crippen molar-refractivity contribution in [1.82, 2.24) is 10.6 Å². The number of guanidine groups is 1.